The molecule has 3 aliphatic rings. The Morgan fingerprint density at radius 1 is 1.43 bits per heavy atom. The van der Waals surface area contributed by atoms with Crippen LogP contribution in [0.15, 0.2) is 0 Å². The van der Waals surface area contributed by atoms with E-state index in [1.807, 2.05) is 0 Å². The second kappa shape index (κ2) is 3.21. The fourth-order valence-electron chi connectivity index (χ4n) is 3.83. The molecule has 80 valence electrons. The third-order valence-corrected chi connectivity index (χ3v) is 4.76. The molecular weight excluding hydrogens is 172 g/mol. The van der Waals surface area contributed by atoms with Gasteiger partial charge in [0.1, 0.15) is 0 Å². The summed E-state index contributed by atoms with van der Waals surface area (Å²) in [5.74, 6) is 2.09. The fourth-order valence-corrected chi connectivity index (χ4v) is 3.83. The molecule has 0 aromatic rings. The topological polar surface area (TPSA) is 15.3 Å². The normalized spacial score (nSPS) is 48.6. The van der Waals surface area contributed by atoms with E-state index in [2.05, 4.69) is 17.3 Å². The summed E-state index contributed by atoms with van der Waals surface area (Å²) in [7, 11) is 2.29. The van der Waals surface area contributed by atoms with Crippen molar-refractivity contribution in [3.05, 3.63) is 0 Å². The lowest BCUT2D eigenvalue weighted by atomic mass is 9.88. The SMILES string of the molecule is CN1CCCC(C2CC23CCNC3)C1. The van der Waals surface area contributed by atoms with E-state index in [-0.39, 0.29) is 0 Å². The van der Waals surface area contributed by atoms with Gasteiger partial charge in [-0.25, -0.2) is 0 Å². The molecule has 14 heavy (non-hydrogen) atoms. The highest BCUT2D eigenvalue weighted by atomic mass is 15.1. The Morgan fingerprint density at radius 3 is 3.07 bits per heavy atom. The molecule has 0 radical (unpaired) electrons. The van der Waals surface area contributed by atoms with Gasteiger partial charge in [0.15, 0.2) is 0 Å². The Bertz CT molecular complexity index is 220. The monoisotopic (exact) mass is 194 g/mol. The van der Waals surface area contributed by atoms with E-state index < -0.39 is 0 Å². The zero-order chi connectivity index (χ0) is 9.60. The molecule has 0 aromatic heterocycles. The molecule has 2 saturated heterocycles. The molecule has 2 nitrogen and oxygen atoms in total. The van der Waals surface area contributed by atoms with E-state index in [0.717, 1.165) is 17.3 Å². The van der Waals surface area contributed by atoms with Crippen LogP contribution in [0, 0.1) is 17.3 Å². The first-order valence-corrected chi connectivity index (χ1v) is 6.19. The van der Waals surface area contributed by atoms with Gasteiger partial charge in [0, 0.05) is 13.1 Å². The second-order valence-corrected chi connectivity index (χ2v) is 5.76. The fraction of sp³-hybridized carbons (Fsp3) is 1.00. The van der Waals surface area contributed by atoms with Crippen LogP contribution in [0.1, 0.15) is 25.7 Å². The Labute approximate surface area is 87.0 Å². The summed E-state index contributed by atoms with van der Waals surface area (Å²) < 4.78 is 0. The summed E-state index contributed by atoms with van der Waals surface area (Å²) in [4.78, 5) is 2.53. The Balaban J connectivity index is 1.62. The highest BCUT2D eigenvalue weighted by Gasteiger charge is 2.57. The number of hydrogen-bond donors (Lipinski definition) is 1. The van der Waals surface area contributed by atoms with Crippen LogP contribution in [-0.2, 0) is 0 Å². The van der Waals surface area contributed by atoms with Gasteiger partial charge in [-0.15, -0.1) is 0 Å². The van der Waals surface area contributed by atoms with Gasteiger partial charge in [0.25, 0.3) is 0 Å². The van der Waals surface area contributed by atoms with E-state index in [9.17, 15) is 0 Å². The number of likely N-dealkylation sites (tertiary alicyclic amines) is 1. The maximum absolute atomic E-state index is 3.54. The average Bonchev–Trinajstić information content (AvgIpc) is 2.65. The van der Waals surface area contributed by atoms with Crippen molar-refractivity contribution in [1.29, 1.82) is 0 Å². The lowest BCUT2D eigenvalue weighted by Gasteiger charge is -2.31. The van der Waals surface area contributed by atoms with Crippen molar-refractivity contribution < 1.29 is 0 Å². The maximum atomic E-state index is 3.54. The molecule has 1 saturated carbocycles. The zero-order valence-electron chi connectivity index (χ0n) is 9.26. The molecule has 2 heteroatoms. The van der Waals surface area contributed by atoms with E-state index in [1.165, 1.54) is 51.9 Å². The predicted molar refractivity (Wildman–Crippen MR) is 58.2 cm³/mol. The van der Waals surface area contributed by atoms with Gasteiger partial charge in [-0.1, -0.05) is 0 Å². The summed E-state index contributed by atoms with van der Waals surface area (Å²) in [6.45, 7) is 5.29. The smallest absolute Gasteiger partial charge is 0.00112 e. The summed E-state index contributed by atoms with van der Waals surface area (Å²) in [5.41, 5.74) is 0.767. The molecule has 3 fully saturated rings. The molecule has 0 aromatic carbocycles. The first kappa shape index (κ1) is 9.17. The first-order valence-electron chi connectivity index (χ1n) is 6.19. The zero-order valence-corrected chi connectivity index (χ0v) is 9.26. The second-order valence-electron chi connectivity index (χ2n) is 5.76. The first-order chi connectivity index (χ1) is 6.80. The van der Waals surface area contributed by atoms with Crippen LogP contribution in [0.3, 0.4) is 0 Å². The van der Waals surface area contributed by atoms with E-state index in [4.69, 9.17) is 0 Å². The van der Waals surface area contributed by atoms with Crippen molar-refractivity contribution in [2.75, 3.05) is 33.2 Å². The van der Waals surface area contributed by atoms with Crippen LogP contribution in [0.25, 0.3) is 0 Å². The molecule has 2 heterocycles. The Morgan fingerprint density at radius 2 is 2.36 bits per heavy atom. The highest BCUT2D eigenvalue weighted by Crippen LogP contribution is 2.61. The minimum Gasteiger partial charge on any atom is -0.316 e. The number of nitrogens with zero attached hydrogens (tertiary/aromatic N) is 1. The maximum Gasteiger partial charge on any atom is 0.00112 e. The van der Waals surface area contributed by atoms with Gasteiger partial charge in [-0.05, 0) is 63.1 Å². The van der Waals surface area contributed by atoms with Gasteiger partial charge < -0.3 is 10.2 Å². The largest absolute Gasteiger partial charge is 0.316 e. The van der Waals surface area contributed by atoms with Crippen molar-refractivity contribution in [1.82, 2.24) is 10.2 Å². The van der Waals surface area contributed by atoms with Gasteiger partial charge in [0.05, 0.1) is 0 Å². The van der Waals surface area contributed by atoms with Crippen molar-refractivity contribution in [3.8, 4) is 0 Å². The summed E-state index contributed by atoms with van der Waals surface area (Å²) >= 11 is 0. The summed E-state index contributed by atoms with van der Waals surface area (Å²) in [5, 5.41) is 3.54. The minimum absolute atomic E-state index is 0.767. The molecule has 1 aliphatic carbocycles. The third kappa shape index (κ3) is 1.40. The molecule has 0 bridgehead atoms. The Kier molecular flexibility index (Phi) is 2.10. The standard InChI is InChI=1S/C12H22N2/c1-14-6-2-3-10(8-14)11-7-12(11)4-5-13-9-12/h10-11,13H,2-9H2,1H3. The van der Waals surface area contributed by atoms with Crippen molar-refractivity contribution >= 4 is 0 Å². The molecular formula is C12H22N2. The lowest BCUT2D eigenvalue weighted by molar-refractivity contribution is 0.179. The van der Waals surface area contributed by atoms with Crippen molar-refractivity contribution in [3.63, 3.8) is 0 Å². The summed E-state index contributed by atoms with van der Waals surface area (Å²) in [6, 6.07) is 0. The van der Waals surface area contributed by atoms with E-state index in [0.29, 0.717) is 0 Å². The predicted octanol–water partition coefficient (Wildman–Crippen LogP) is 1.33. The van der Waals surface area contributed by atoms with Crippen LogP contribution in [0.5, 0.6) is 0 Å². The Hall–Kier alpha value is -0.0800. The molecule has 3 atom stereocenters. The van der Waals surface area contributed by atoms with Crippen LogP contribution in [0.4, 0.5) is 0 Å². The number of hydrogen-bond acceptors (Lipinski definition) is 2. The van der Waals surface area contributed by atoms with Gasteiger partial charge in [0.2, 0.25) is 0 Å². The minimum atomic E-state index is 0.767. The highest BCUT2D eigenvalue weighted by molar-refractivity contribution is 5.09. The van der Waals surface area contributed by atoms with E-state index in [1.54, 1.807) is 0 Å². The van der Waals surface area contributed by atoms with Crippen LogP contribution >= 0.6 is 0 Å². The van der Waals surface area contributed by atoms with Gasteiger partial charge in [-0.3, -0.25) is 0 Å². The molecule has 2 aliphatic heterocycles. The molecule has 1 spiro atoms. The number of rotatable bonds is 1. The van der Waals surface area contributed by atoms with Crippen LogP contribution < -0.4 is 5.32 Å². The van der Waals surface area contributed by atoms with Crippen LogP contribution in [-0.4, -0.2) is 38.1 Å². The number of nitrogens with one attached hydrogen (secondary N) is 1. The molecule has 3 rings (SSSR count). The van der Waals surface area contributed by atoms with Crippen molar-refractivity contribution in [2.24, 2.45) is 17.3 Å². The molecule has 3 unspecified atom stereocenters. The van der Waals surface area contributed by atoms with Crippen LogP contribution in [0.2, 0.25) is 0 Å². The lowest BCUT2D eigenvalue weighted by Crippen LogP contribution is -2.34. The average molecular weight is 194 g/mol. The molecule has 1 N–H and O–H groups in total. The summed E-state index contributed by atoms with van der Waals surface area (Å²) in [6.07, 6.45) is 5.91. The van der Waals surface area contributed by atoms with Gasteiger partial charge >= 0.3 is 0 Å². The quantitative estimate of drug-likeness (QED) is 0.677. The molecule has 0 amide bonds. The number of piperidine rings is 1. The van der Waals surface area contributed by atoms with Gasteiger partial charge in [-0.2, -0.15) is 0 Å². The van der Waals surface area contributed by atoms with E-state index >= 15 is 0 Å². The van der Waals surface area contributed by atoms with Crippen molar-refractivity contribution in [2.45, 2.75) is 25.7 Å². The third-order valence-electron chi connectivity index (χ3n) is 4.76.